The molecule has 0 aliphatic heterocycles. The third kappa shape index (κ3) is 3.11. The van der Waals surface area contributed by atoms with Crippen LogP contribution in [0.15, 0.2) is 29.2 Å². The Balaban J connectivity index is 2.96. The molecule has 0 spiro atoms. The maximum Gasteiger partial charge on any atom is 0.221 e. The highest BCUT2D eigenvalue weighted by molar-refractivity contribution is 7.91. The molecule has 0 saturated carbocycles. The quantitative estimate of drug-likeness (QED) is 0.799. The molecule has 84 valence electrons. The molecule has 0 bridgehead atoms. The van der Waals surface area contributed by atoms with Crippen LogP contribution in [-0.4, -0.2) is 20.1 Å². The highest BCUT2D eigenvalue weighted by Crippen LogP contribution is 2.15. The van der Waals surface area contributed by atoms with Crippen molar-refractivity contribution in [3.05, 3.63) is 24.3 Å². The van der Waals surface area contributed by atoms with Gasteiger partial charge in [0.2, 0.25) is 5.91 Å². The van der Waals surface area contributed by atoms with Crippen molar-refractivity contribution < 1.29 is 13.2 Å². The number of rotatable bonds is 3. The molecular weight excluding hydrogens is 226 g/mol. The second-order valence-electron chi connectivity index (χ2n) is 3.17. The lowest BCUT2D eigenvalue weighted by molar-refractivity contribution is -0.114. The van der Waals surface area contributed by atoms with Gasteiger partial charge in [-0.3, -0.25) is 4.79 Å². The molecule has 16 heavy (non-hydrogen) atoms. The van der Waals surface area contributed by atoms with Crippen molar-refractivity contribution in [1.29, 1.82) is 0 Å². The standard InChI is InChI=1S/C11H11NO3S/c1-3-8-16(14,15)11-6-4-10(5-7-11)12-9(2)13/h1,4-7H,8H2,2H3,(H,12,13). The van der Waals surface area contributed by atoms with Gasteiger partial charge < -0.3 is 5.32 Å². The molecule has 1 amide bonds. The summed E-state index contributed by atoms with van der Waals surface area (Å²) in [6.07, 6.45) is 4.96. The number of sulfone groups is 1. The molecule has 0 aliphatic carbocycles. The van der Waals surface area contributed by atoms with Crippen molar-refractivity contribution in [1.82, 2.24) is 0 Å². The molecular formula is C11H11NO3S. The van der Waals surface area contributed by atoms with Crippen molar-refractivity contribution >= 4 is 21.4 Å². The summed E-state index contributed by atoms with van der Waals surface area (Å²) in [4.78, 5) is 10.9. The fourth-order valence-corrected chi connectivity index (χ4v) is 2.08. The SMILES string of the molecule is C#CCS(=O)(=O)c1ccc(NC(C)=O)cc1. The van der Waals surface area contributed by atoms with Crippen LogP contribution in [-0.2, 0) is 14.6 Å². The molecule has 1 aromatic rings. The maximum atomic E-state index is 11.5. The van der Waals surface area contributed by atoms with Crippen LogP contribution in [0, 0.1) is 12.3 Å². The number of nitrogens with one attached hydrogen (secondary N) is 1. The lowest BCUT2D eigenvalue weighted by Gasteiger charge is -2.03. The van der Waals surface area contributed by atoms with Gasteiger partial charge in [0.15, 0.2) is 9.84 Å². The minimum absolute atomic E-state index is 0.152. The average Bonchev–Trinajstić information content (AvgIpc) is 2.17. The number of amides is 1. The van der Waals surface area contributed by atoms with Crippen LogP contribution in [0.1, 0.15) is 6.92 Å². The minimum Gasteiger partial charge on any atom is -0.326 e. The van der Waals surface area contributed by atoms with E-state index >= 15 is 0 Å². The lowest BCUT2D eigenvalue weighted by Crippen LogP contribution is -2.07. The van der Waals surface area contributed by atoms with Crippen molar-refractivity contribution in [3.63, 3.8) is 0 Å². The Bertz CT molecular complexity index is 523. The third-order valence-electron chi connectivity index (χ3n) is 1.81. The Morgan fingerprint density at radius 2 is 1.94 bits per heavy atom. The number of hydrogen-bond acceptors (Lipinski definition) is 3. The first kappa shape index (κ1) is 12.3. The Labute approximate surface area is 94.6 Å². The molecule has 0 atom stereocenters. The van der Waals surface area contributed by atoms with Gasteiger partial charge >= 0.3 is 0 Å². The summed E-state index contributed by atoms with van der Waals surface area (Å²) in [7, 11) is -3.40. The van der Waals surface area contributed by atoms with Crippen LogP contribution in [0.3, 0.4) is 0 Å². The van der Waals surface area contributed by atoms with E-state index in [9.17, 15) is 13.2 Å². The van der Waals surface area contributed by atoms with E-state index in [1.165, 1.54) is 31.2 Å². The fraction of sp³-hybridized carbons (Fsp3) is 0.182. The smallest absolute Gasteiger partial charge is 0.221 e. The number of hydrogen-bond donors (Lipinski definition) is 1. The van der Waals surface area contributed by atoms with E-state index in [0.717, 1.165) is 0 Å². The second kappa shape index (κ2) is 4.81. The van der Waals surface area contributed by atoms with Crippen LogP contribution < -0.4 is 5.32 Å². The van der Waals surface area contributed by atoms with Gasteiger partial charge in [0.1, 0.15) is 5.75 Å². The van der Waals surface area contributed by atoms with Crippen LogP contribution in [0.25, 0.3) is 0 Å². The van der Waals surface area contributed by atoms with Gasteiger partial charge in [-0.1, -0.05) is 5.92 Å². The summed E-state index contributed by atoms with van der Waals surface area (Å²) in [5, 5.41) is 2.54. The molecule has 0 aliphatic rings. The van der Waals surface area contributed by atoms with Gasteiger partial charge in [-0.25, -0.2) is 8.42 Å². The molecule has 0 radical (unpaired) electrons. The van der Waals surface area contributed by atoms with E-state index in [-0.39, 0.29) is 16.6 Å². The van der Waals surface area contributed by atoms with Gasteiger partial charge in [0.25, 0.3) is 0 Å². The first-order chi connectivity index (χ1) is 7.45. The molecule has 0 fully saturated rings. The molecule has 4 nitrogen and oxygen atoms in total. The summed E-state index contributed by atoms with van der Waals surface area (Å²) in [5.74, 6) is 1.56. The van der Waals surface area contributed by atoms with Gasteiger partial charge in [-0.05, 0) is 24.3 Å². The maximum absolute atomic E-state index is 11.5. The Morgan fingerprint density at radius 1 is 1.38 bits per heavy atom. The molecule has 0 unspecified atom stereocenters. The zero-order chi connectivity index (χ0) is 12.2. The predicted molar refractivity (Wildman–Crippen MR) is 61.6 cm³/mol. The first-order valence-electron chi connectivity index (χ1n) is 4.49. The van der Waals surface area contributed by atoms with Crippen molar-refractivity contribution in [2.24, 2.45) is 0 Å². The first-order valence-corrected chi connectivity index (χ1v) is 6.15. The van der Waals surface area contributed by atoms with Crippen LogP contribution >= 0.6 is 0 Å². The lowest BCUT2D eigenvalue weighted by atomic mass is 10.3. The van der Waals surface area contributed by atoms with Crippen molar-refractivity contribution in [3.8, 4) is 12.3 Å². The second-order valence-corrected chi connectivity index (χ2v) is 5.16. The largest absolute Gasteiger partial charge is 0.326 e. The normalized spacial score (nSPS) is 10.5. The number of carbonyl (C=O) groups excluding carboxylic acids is 1. The van der Waals surface area contributed by atoms with Crippen LogP contribution in [0.4, 0.5) is 5.69 Å². The number of anilines is 1. The van der Waals surface area contributed by atoms with Gasteiger partial charge in [0.05, 0.1) is 4.90 Å². The van der Waals surface area contributed by atoms with E-state index in [4.69, 9.17) is 6.42 Å². The number of benzene rings is 1. The summed E-state index contributed by atoms with van der Waals surface area (Å²) in [6.45, 7) is 1.38. The molecule has 0 heterocycles. The average molecular weight is 237 g/mol. The summed E-state index contributed by atoms with van der Waals surface area (Å²) in [6, 6.07) is 5.87. The Kier molecular flexibility index (Phi) is 3.69. The fourth-order valence-electron chi connectivity index (χ4n) is 1.14. The number of carbonyl (C=O) groups is 1. The molecule has 0 saturated heterocycles. The van der Waals surface area contributed by atoms with Crippen molar-refractivity contribution in [2.45, 2.75) is 11.8 Å². The molecule has 1 rings (SSSR count). The predicted octanol–water partition coefficient (Wildman–Crippen LogP) is 1.05. The summed E-state index contributed by atoms with van der Waals surface area (Å²) in [5.41, 5.74) is 0.548. The van der Waals surface area contributed by atoms with E-state index < -0.39 is 9.84 Å². The van der Waals surface area contributed by atoms with Crippen LogP contribution in [0.2, 0.25) is 0 Å². The van der Waals surface area contributed by atoms with E-state index in [0.29, 0.717) is 5.69 Å². The molecule has 5 heteroatoms. The molecule has 0 aromatic heterocycles. The molecule has 1 aromatic carbocycles. The molecule has 1 N–H and O–H groups in total. The monoisotopic (exact) mass is 237 g/mol. The zero-order valence-electron chi connectivity index (χ0n) is 8.73. The highest BCUT2D eigenvalue weighted by Gasteiger charge is 2.12. The number of terminal acetylenes is 1. The van der Waals surface area contributed by atoms with Crippen molar-refractivity contribution in [2.75, 3.05) is 11.1 Å². The zero-order valence-corrected chi connectivity index (χ0v) is 9.54. The van der Waals surface area contributed by atoms with Gasteiger partial charge in [-0.2, -0.15) is 0 Å². The highest BCUT2D eigenvalue weighted by atomic mass is 32.2. The van der Waals surface area contributed by atoms with E-state index in [1.54, 1.807) is 0 Å². The summed E-state index contributed by atoms with van der Waals surface area (Å²) >= 11 is 0. The Hall–Kier alpha value is -1.80. The topological polar surface area (TPSA) is 63.2 Å². The van der Waals surface area contributed by atoms with Crippen LogP contribution in [0.5, 0.6) is 0 Å². The van der Waals surface area contributed by atoms with Gasteiger partial charge in [0, 0.05) is 12.6 Å². The van der Waals surface area contributed by atoms with Gasteiger partial charge in [-0.15, -0.1) is 6.42 Å². The van der Waals surface area contributed by atoms with E-state index in [2.05, 4.69) is 11.2 Å². The Morgan fingerprint density at radius 3 is 2.38 bits per heavy atom. The summed E-state index contributed by atoms with van der Waals surface area (Å²) < 4.78 is 23.1. The van der Waals surface area contributed by atoms with E-state index in [1.807, 2.05) is 0 Å². The minimum atomic E-state index is -3.40. The third-order valence-corrected chi connectivity index (χ3v) is 3.34.